The van der Waals surface area contributed by atoms with Crippen molar-refractivity contribution in [3.8, 4) is 0 Å². The first-order valence-electron chi connectivity index (χ1n) is 6.51. The molecule has 0 aliphatic heterocycles. The van der Waals surface area contributed by atoms with Crippen LogP contribution < -0.4 is 16.2 Å². The molecule has 0 bridgehead atoms. The lowest BCUT2D eigenvalue weighted by atomic mass is 10.0. The van der Waals surface area contributed by atoms with Gasteiger partial charge in [0, 0.05) is 11.7 Å². The van der Waals surface area contributed by atoms with Gasteiger partial charge < -0.3 is 11.1 Å². The number of rotatable bonds is 4. The maximum absolute atomic E-state index is 12.0. The standard InChI is InChI=1S/C13H19N3O3S.ClH/c14-12-3-1-2-11(12)13(17)16-10-6-4-9(5-7-10)8-20(15,18)19;/h4-7,11-12H,1-3,8,14H2,(H,16,17)(H2,15,18,19);1H. The van der Waals surface area contributed by atoms with Crippen LogP contribution in [0.2, 0.25) is 0 Å². The summed E-state index contributed by atoms with van der Waals surface area (Å²) >= 11 is 0. The van der Waals surface area contributed by atoms with Crippen LogP contribution in [-0.4, -0.2) is 20.4 Å². The Labute approximate surface area is 130 Å². The highest BCUT2D eigenvalue weighted by Gasteiger charge is 2.30. The molecule has 2 unspecified atom stereocenters. The normalized spacial score (nSPS) is 21.6. The van der Waals surface area contributed by atoms with Gasteiger partial charge in [0.05, 0.1) is 11.7 Å². The molecule has 0 saturated heterocycles. The Kier molecular flexibility index (Phi) is 6.15. The fourth-order valence-electron chi connectivity index (χ4n) is 2.47. The molecule has 8 heteroatoms. The summed E-state index contributed by atoms with van der Waals surface area (Å²) in [5, 5.41) is 7.78. The van der Waals surface area contributed by atoms with E-state index < -0.39 is 10.0 Å². The molecular weight excluding hydrogens is 314 g/mol. The van der Waals surface area contributed by atoms with E-state index in [1.807, 2.05) is 0 Å². The number of nitrogens with one attached hydrogen (secondary N) is 1. The van der Waals surface area contributed by atoms with E-state index in [0.717, 1.165) is 19.3 Å². The van der Waals surface area contributed by atoms with E-state index >= 15 is 0 Å². The number of anilines is 1. The van der Waals surface area contributed by atoms with Gasteiger partial charge in [0.25, 0.3) is 0 Å². The second kappa shape index (κ2) is 7.22. The van der Waals surface area contributed by atoms with Crippen molar-refractivity contribution < 1.29 is 13.2 Å². The van der Waals surface area contributed by atoms with Gasteiger partial charge in [0.15, 0.2) is 0 Å². The highest BCUT2D eigenvalue weighted by molar-refractivity contribution is 7.88. The van der Waals surface area contributed by atoms with Crippen molar-refractivity contribution in [3.05, 3.63) is 29.8 Å². The van der Waals surface area contributed by atoms with Gasteiger partial charge in [-0.3, -0.25) is 4.79 Å². The van der Waals surface area contributed by atoms with Crippen LogP contribution in [0, 0.1) is 5.92 Å². The molecule has 1 saturated carbocycles. The second-order valence-electron chi connectivity index (χ2n) is 5.19. The minimum atomic E-state index is -3.54. The summed E-state index contributed by atoms with van der Waals surface area (Å²) in [6.45, 7) is 0. The molecule has 21 heavy (non-hydrogen) atoms. The number of amides is 1. The Bertz CT molecular complexity index is 589. The van der Waals surface area contributed by atoms with Crippen LogP contribution in [0.25, 0.3) is 0 Å². The molecule has 0 aromatic heterocycles. The molecule has 1 aromatic rings. The van der Waals surface area contributed by atoms with Gasteiger partial charge in [-0.1, -0.05) is 18.6 Å². The number of carbonyl (C=O) groups is 1. The van der Waals surface area contributed by atoms with Crippen LogP contribution >= 0.6 is 12.4 Å². The van der Waals surface area contributed by atoms with Gasteiger partial charge in [-0.15, -0.1) is 12.4 Å². The van der Waals surface area contributed by atoms with Crippen molar-refractivity contribution in [2.24, 2.45) is 16.8 Å². The summed E-state index contributed by atoms with van der Waals surface area (Å²) in [7, 11) is -3.54. The predicted molar refractivity (Wildman–Crippen MR) is 84.4 cm³/mol. The van der Waals surface area contributed by atoms with Gasteiger partial charge in [-0.05, 0) is 30.5 Å². The number of hydrogen-bond donors (Lipinski definition) is 3. The molecule has 2 rings (SSSR count). The van der Waals surface area contributed by atoms with E-state index in [1.54, 1.807) is 24.3 Å². The molecule has 6 nitrogen and oxygen atoms in total. The Morgan fingerprint density at radius 2 is 1.86 bits per heavy atom. The van der Waals surface area contributed by atoms with Crippen LogP contribution in [0.4, 0.5) is 5.69 Å². The molecule has 5 N–H and O–H groups in total. The largest absolute Gasteiger partial charge is 0.327 e. The highest BCUT2D eigenvalue weighted by atomic mass is 35.5. The SMILES string of the molecule is Cl.NC1CCCC1C(=O)Nc1ccc(CS(N)(=O)=O)cc1. The van der Waals surface area contributed by atoms with E-state index in [1.165, 1.54) is 0 Å². The number of nitrogens with two attached hydrogens (primary N) is 2. The van der Waals surface area contributed by atoms with Crippen molar-refractivity contribution in [1.82, 2.24) is 0 Å². The summed E-state index contributed by atoms with van der Waals surface area (Å²) in [6, 6.07) is 6.53. The van der Waals surface area contributed by atoms with Crippen LogP contribution in [0.1, 0.15) is 24.8 Å². The zero-order valence-corrected chi connectivity index (χ0v) is 13.1. The lowest BCUT2D eigenvalue weighted by Crippen LogP contribution is -2.34. The molecule has 0 spiro atoms. The lowest BCUT2D eigenvalue weighted by molar-refractivity contribution is -0.120. The van der Waals surface area contributed by atoms with Crippen LogP contribution in [0.3, 0.4) is 0 Å². The molecule has 1 aliphatic rings. The summed E-state index contributed by atoms with van der Waals surface area (Å²) < 4.78 is 21.9. The Morgan fingerprint density at radius 3 is 2.33 bits per heavy atom. The first-order valence-corrected chi connectivity index (χ1v) is 8.22. The molecule has 0 radical (unpaired) electrons. The van der Waals surface area contributed by atoms with Gasteiger partial charge >= 0.3 is 0 Å². The van der Waals surface area contributed by atoms with Gasteiger partial charge in [0.1, 0.15) is 0 Å². The fraction of sp³-hybridized carbons (Fsp3) is 0.462. The Balaban J connectivity index is 0.00000220. The van der Waals surface area contributed by atoms with E-state index in [2.05, 4.69) is 5.32 Å². The minimum absolute atomic E-state index is 0. The van der Waals surface area contributed by atoms with Crippen molar-refractivity contribution in [2.45, 2.75) is 31.1 Å². The third kappa shape index (κ3) is 5.28. The average molecular weight is 334 g/mol. The molecular formula is C13H20ClN3O3S. The number of carbonyl (C=O) groups excluding carboxylic acids is 1. The summed E-state index contributed by atoms with van der Waals surface area (Å²) in [5.74, 6) is -0.428. The summed E-state index contributed by atoms with van der Waals surface area (Å²) in [5.41, 5.74) is 7.10. The van der Waals surface area contributed by atoms with Crippen LogP contribution in [0.15, 0.2) is 24.3 Å². The maximum Gasteiger partial charge on any atom is 0.229 e. The number of halogens is 1. The number of hydrogen-bond acceptors (Lipinski definition) is 4. The van der Waals surface area contributed by atoms with E-state index in [4.69, 9.17) is 10.9 Å². The summed E-state index contributed by atoms with van der Waals surface area (Å²) in [6.07, 6.45) is 2.68. The van der Waals surface area contributed by atoms with Gasteiger partial charge in [-0.2, -0.15) is 0 Å². The lowest BCUT2D eigenvalue weighted by Gasteiger charge is -2.15. The molecule has 0 heterocycles. The molecule has 1 aromatic carbocycles. The number of sulfonamides is 1. The first-order chi connectivity index (χ1) is 9.35. The van der Waals surface area contributed by atoms with Crippen LogP contribution in [-0.2, 0) is 20.6 Å². The molecule has 1 fully saturated rings. The van der Waals surface area contributed by atoms with E-state index in [-0.39, 0.29) is 36.0 Å². The first kappa shape index (κ1) is 17.9. The third-order valence-corrected chi connectivity index (χ3v) is 4.23. The monoisotopic (exact) mass is 333 g/mol. The highest BCUT2D eigenvalue weighted by Crippen LogP contribution is 2.25. The zero-order chi connectivity index (χ0) is 14.8. The smallest absolute Gasteiger partial charge is 0.229 e. The molecule has 2 atom stereocenters. The Morgan fingerprint density at radius 1 is 1.24 bits per heavy atom. The number of primary sulfonamides is 1. The van der Waals surface area contributed by atoms with Crippen LogP contribution in [0.5, 0.6) is 0 Å². The number of benzene rings is 1. The van der Waals surface area contributed by atoms with Crippen molar-refractivity contribution >= 4 is 34.0 Å². The molecule has 118 valence electrons. The van der Waals surface area contributed by atoms with E-state index in [9.17, 15) is 13.2 Å². The summed E-state index contributed by atoms with van der Waals surface area (Å²) in [4.78, 5) is 12.0. The topological polar surface area (TPSA) is 115 Å². The van der Waals surface area contributed by atoms with Gasteiger partial charge in [0.2, 0.25) is 15.9 Å². The zero-order valence-electron chi connectivity index (χ0n) is 11.5. The van der Waals surface area contributed by atoms with Crippen molar-refractivity contribution in [2.75, 3.05) is 5.32 Å². The van der Waals surface area contributed by atoms with Gasteiger partial charge in [-0.25, -0.2) is 13.6 Å². The van der Waals surface area contributed by atoms with E-state index in [0.29, 0.717) is 11.3 Å². The average Bonchev–Trinajstić information content (AvgIpc) is 2.76. The maximum atomic E-state index is 12.0. The Hall–Kier alpha value is -1.15. The second-order valence-corrected chi connectivity index (χ2v) is 6.81. The fourth-order valence-corrected chi connectivity index (χ4v) is 3.12. The van der Waals surface area contributed by atoms with Crippen molar-refractivity contribution in [3.63, 3.8) is 0 Å². The third-order valence-electron chi connectivity index (χ3n) is 3.50. The van der Waals surface area contributed by atoms with Crippen molar-refractivity contribution in [1.29, 1.82) is 0 Å². The molecule has 1 aliphatic carbocycles. The minimum Gasteiger partial charge on any atom is -0.327 e. The predicted octanol–water partition coefficient (Wildman–Crippen LogP) is 0.963. The quantitative estimate of drug-likeness (QED) is 0.761. The molecule has 1 amide bonds.